The van der Waals surface area contributed by atoms with Crippen LogP contribution in [0.15, 0.2) is 28.9 Å². The number of rotatable bonds is 2. The summed E-state index contributed by atoms with van der Waals surface area (Å²) in [7, 11) is 0. The fraction of sp³-hybridized carbons (Fsp3) is 0. The Labute approximate surface area is 137 Å². The molecule has 0 saturated heterocycles. The molecule has 1 amide bonds. The Morgan fingerprint density at radius 1 is 1.20 bits per heavy atom. The van der Waals surface area contributed by atoms with Crippen molar-refractivity contribution in [2.24, 2.45) is 0 Å². The lowest BCUT2D eigenvalue weighted by atomic mass is 10.2. The van der Waals surface area contributed by atoms with Gasteiger partial charge >= 0.3 is 0 Å². The van der Waals surface area contributed by atoms with Gasteiger partial charge in [0.1, 0.15) is 11.0 Å². The van der Waals surface area contributed by atoms with Gasteiger partial charge in [-0.25, -0.2) is 9.37 Å². The van der Waals surface area contributed by atoms with E-state index in [1.54, 1.807) is 0 Å². The van der Waals surface area contributed by atoms with Crippen molar-refractivity contribution in [3.63, 3.8) is 0 Å². The molecule has 0 unspecified atom stereocenters. The number of benzene rings is 1. The lowest BCUT2D eigenvalue weighted by Crippen LogP contribution is -2.13. The van der Waals surface area contributed by atoms with Crippen molar-refractivity contribution in [3.8, 4) is 0 Å². The highest BCUT2D eigenvalue weighted by molar-refractivity contribution is 9.10. The Balaban J connectivity index is 2.30. The van der Waals surface area contributed by atoms with Gasteiger partial charge in [-0.2, -0.15) is 0 Å². The number of nitrogens with one attached hydrogen (secondary N) is 1. The number of anilines is 1. The summed E-state index contributed by atoms with van der Waals surface area (Å²) in [5.74, 6) is -1.01. The first kappa shape index (κ1) is 15.5. The van der Waals surface area contributed by atoms with Gasteiger partial charge in [0.05, 0.1) is 21.3 Å². The molecular formula is C12H5BrCl3FN2O. The van der Waals surface area contributed by atoms with E-state index < -0.39 is 11.7 Å². The summed E-state index contributed by atoms with van der Waals surface area (Å²) in [6.45, 7) is 0. The molecule has 2 rings (SSSR count). The SMILES string of the molecule is O=C(Nc1c(Cl)cc(F)cc1Br)c1cnc(Cl)c(Cl)c1. The molecule has 0 aliphatic rings. The standard InChI is InChI=1S/C12H5BrCl3FN2O/c13-7-2-6(17)3-8(14)10(7)19-12(20)5-1-9(15)11(16)18-4-5/h1-4H,(H,19,20). The van der Waals surface area contributed by atoms with Crippen molar-refractivity contribution in [1.82, 2.24) is 4.98 Å². The topological polar surface area (TPSA) is 42.0 Å². The normalized spacial score (nSPS) is 10.4. The Kier molecular flexibility index (Phi) is 4.86. The summed E-state index contributed by atoms with van der Waals surface area (Å²) >= 11 is 20.5. The highest BCUT2D eigenvalue weighted by Crippen LogP contribution is 2.32. The molecule has 8 heteroatoms. The number of amides is 1. The van der Waals surface area contributed by atoms with Crippen LogP contribution in [0, 0.1) is 5.82 Å². The minimum atomic E-state index is -0.518. The molecular weight excluding hydrogens is 393 g/mol. The average Bonchev–Trinajstić information content (AvgIpc) is 2.36. The molecule has 0 saturated carbocycles. The number of hydrogen-bond donors (Lipinski definition) is 1. The number of aromatic nitrogens is 1. The Morgan fingerprint density at radius 3 is 2.50 bits per heavy atom. The third-order valence-corrected chi connectivity index (χ3v) is 3.91. The van der Waals surface area contributed by atoms with E-state index >= 15 is 0 Å². The quantitative estimate of drug-likeness (QED) is 0.707. The largest absolute Gasteiger partial charge is 0.320 e. The van der Waals surface area contributed by atoms with Crippen LogP contribution >= 0.6 is 50.7 Å². The Hall–Kier alpha value is -0.880. The third-order valence-electron chi connectivity index (χ3n) is 2.30. The fourth-order valence-corrected chi connectivity index (χ4v) is 2.56. The van der Waals surface area contributed by atoms with Gasteiger partial charge in [-0.15, -0.1) is 0 Å². The van der Waals surface area contributed by atoms with Gasteiger partial charge in [-0.05, 0) is 34.1 Å². The molecule has 1 aromatic heterocycles. The van der Waals surface area contributed by atoms with E-state index in [-0.39, 0.29) is 26.4 Å². The summed E-state index contributed by atoms with van der Waals surface area (Å²) in [6, 6.07) is 3.65. The number of hydrogen-bond acceptors (Lipinski definition) is 2. The minimum absolute atomic E-state index is 0.0678. The van der Waals surface area contributed by atoms with Crippen LogP contribution in [0.1, 0.15) is 10.4 Å². The molecule has 3 nitrogen and oxygen atoms in total. The molecule has 0 aliphatic carbocycles. The molecule has 0 fully saturated rings. The van der Waals surface area contributed by atoms with Gasteiger partial charge in [0, 0.05) is 10.7 Å². The highest BCUT2D eigenvalue weighted by Gasteiger charge is 2.14. The van der Waals surface area contributed by atoms with E-state index in [9.17, 15) is 9.18 Å². The summed E-state index contributed by atoms with van der Waals surface area (Å²) < 4.78 is 13.4. The smallest absolute Gasteiger partial charge is 0.257 e. The average molecular weight is 398 g/mol. The van der Waals surface area contributed by atoms with Crippen LogP contribution in [0.3, 0.4) is 0 Å². The molecule has 0 atom stereocenters. The van der Waals surface area contributed by atoms with E-state index in [4.69, 9.17) is 34.8 Å². The molecule has 0 bridgehead atoms. The lowest BCUT2D eigenvalue weighted by molar-refractivity contribution is 0.102. The molecule has 104 valence electrons. The predicted molar refractivity (Wildman–Crippen MR) is 81.3 cm³/mol. The molecule has 20 heavy (non-hydrogen) atoms. The van der Waals surface area contributed by atoms with E-state index in [0.29, 0.717) is 4.47 Å². The van der Waals surface area contributed by atoms with Crippen LogP contribution in [0.4, 0.5) is 10.1 Å². The Bertz CT molecular complexity index is 673. The molecule has 0 aliphatic heterocycles. The van der Waals surface area contributed by atoms with Crippen molar-refractivity contribution in [2.45, 2.75) is 0 Å². The van der Waals surface area contributed by atoms with Crippen molar-refractivity contribution in [1.29, 1.82) is 0 Å². The number of halogens is 5. The monoisotopic (exact) mass is 396 g/mol. The second kappa shape index (κ2) is 6.26. The van der Waals surface area contributed by atoms with Crippen molar-refractivity contribution >= 4 is 62.3 Å². The minimum Gasteiger partial charge on any atom is -0.320 e. The van der Waals surface area contributed by atoms with Gasteiger partial charge in [0.25, 0.3) is 5.91 Å². The van der Waals surface area contributed by atoms with Gasteiger partial charge in [0.2, 0.25) is 0 Å². The van der Waals surface area contributed by atoms with E-state index in [1.807, 2.05) is 0 Å². The first-order valence-electron chi connectivity index (χ1n) is 5.15. The van der Waals surface area contributed by atoms with Crippen molar-refractivity contribution in [3.05, 3.63) is 55.4 Å². The lowest BCUT2D eigenvalue weighted by Gasteiger charge is -2.10. The van der Waals surface area contributed by atoms with Crippen LogP contribution in [-0.4, -0.2) is 10.9 Å². The zero-order valence-corrected chi connectivity index (χ0v) is 13.4. The van der Waals surface area contributed by atoms with Crippen LogP contribution in [0.5, 0.6) is 0 Å². The number of pyridine rings is 1. The molecule has 1 heterocycles. The number of carbonyl (C=O) groups excluding carboxylic acids is 1. The first-order valence-corrected chi connectivity index (χ1v) is 7.08. The maximum Gasteiger partial charge on any atom is 0.257 e. The molecule has 1 N–H and O–H groups in total. The molecule has 2 aromatic rings. The number of carbonyl (C=O) groups is 1. The third kappa shape index (κ3) is 3.41. The van der Waals surface area contributed by atoms with Crippen LogP contribution in [-0.2, 0) is 0 Å². The van der Waals surface area contributed by atoms with Gasteiger partial charge in [-0.3, -0.25) is 4.79 Å². The van der Waals surface area contributed by atoms with Gasteiger partial charge < -0.3 is 5.32 Å². The van der Waals surface area contributed by atoms with Gasteiger partial charge in [-0.1, -0.05) is 34.8 Å². The maximum absolute atomic E-state index is 13.1. The first-order chi connectivity index (χ1) is 9.38. The summed E-state index contributed by atoms with van der Waals surface area (Å²) in [4.78, 5) is 15.8. The maximum atomic E-state index is 13.1. The second-order valence-electron chi connectivity index (χ2n) is 3.70. The van der Waals surface area contributed by atoms with Crippen LogP contribution in [0.2, 0.25) is 15.2 Å². The van der Waals surface area contributed by atoms with Gasteiger partial charge in [0.15, 0.2) is 0 Å². The fourth-order valence-electron chi connectivity index (χ4n) is 1.39. The van der Waals surface area contributed by atoms with E-state index in [2.05, 4.69) is 26.2 Å². The van der Waals surface area contributed by atoms with Crippen molar-refractivity contribution < 1.29 is 9.18 Å². The number of nitrogens with zero attached hydrogens (tertiary/aromatic N) is 1. The van der Waals surface area contributed by atoms with E-state index in [0.717, 1.165) is 6.07 Å². The second-order valence-corrected chi connectivity index (χ2v) is 5.72. The summed E-state index contributed by atoms with van der Waals surface area (Å²) in [5.41, 5.74) is 0.454. The Morgan fingerprint density at radius 2 is 1.90 bits per heavy atom. The van der Waals surface area contributed by atoms with E-state index in [1.165, 1.54) is 18.3 Å². The van der Waals surface area contributed by atoms with Crippen LogP contribution < -0.4 is 5.32 Å². The van der Waals surface area contributed by atoms with Crippen molar-refractivity contribution in [2.75, 3.05) is 5.32 Å². The van der Waals surface area contributed by atoms with Crippen LogP contribution in [0.25, 0.3) is 0 Å². The predicted octanol–water partition coefficient (Wildman–Crippen LogP) is 5.20. The zero-order valence-electron chi connectivity index (χ0n) is 9.55. The zero-order chi connectivity index (χ0) is 14.9. The molecule has 0 radical (unpaired) electrons. The molecule has 0 spiro atoms. The molecule has 1 aromatic carbocycles. The summed E-state index contributed by atoms with van der Waals surface area (Å²) in [5, 5.41) is 2.87. The summed E-state index contributed by atoms with van der Waals surface area (Å²) in [6.07, 6.45) is 1.27. The highest BCUT2D eigenvalue weighted by atomic mass is 79.9.